The molecule has 1 unspecified atom stereocenters. The lowest BCUT2D eigenvalue weighted by atomic mass is 10.0. The van der Waals surface area contributed by atoms with E-state index in [1.807, 2.05) is 19.1 Å². The number of aliphatic hydroxyl groups is 1. The van der Waals surface area contributed by atoms with Crippen LogP contribution in [0.3, 0.4) is 0 Å². The number of benzene rings is 1. The number of rotatable bonds is 4. The molecule has 2 N–H and O–H groups in total. The van der Waals surface area contributed by atoms with Gasteiger partial charge in [-0.25, -0.2) is 0 Å². The second-order valence-corrected chi connectivity index (χ2v) is 4.35. The Bertz CT molecular complexity index is 457. The van der Waals surface area contributed by atoms with Crippen molar-refractivity contribution in [3.05, 3.63) is 23.3 Å². The van der Waals surface area contributed by atoms with Crippen molar-refractivity contribution in [2.75, 3.05) is 13.3 Å². The van der Waals surface area contributed by atoms with Crippen molar-refractivity contribution in [3.63, 3.8) is 0 Å². The number of hydrogen-bond acceptors (Lipinski definition) is 4. The summed E-state index contributed by atoms with van der Waals surface area (Å²) >= 11 is 0. The topological polar surface area (TPSA) is 67.8 Å². The molecule has 18 heavy (non-hydrogen) atoms. The number of aliphatic hydroxyl groups excluding tert-OH is 1. The lowest BCUT2D eigenvalue weighted by molar-refractivity contribution is -0.128. The highest BCUT2D eigenvalue weighted by molar-refractivity contribution is 5.79. The van der Waals surface area contributed by atoms with Crippen molar-refractivity contribution < 1.29 is 19.4 Å². The first kappa shape index (κ1) is 12.7. The molecule has 0 saturated carbocycles. The minimum atomic E-state index is -0.970. The summed E-state index contributed by atoms with van der Waals surface area (Å²) in [5, 5.41) is 11.7. The lowest BCUT2D eigenvalue weighted by Gasteiger charge is -2.09. The van der Waals surface area contributed by atoms with Gasteiger partial charge in [0.25, 0.3) is 0 Å². The second kappa shape index (κ2) is 5.27. The van der Waals surface area contributed by atoms with Crippen LogP contribution in [0.1, 0.15) is 18.1 Å². The molecule has 0 saturated heterocycles. The monoisotopic (exact) mass is 251 g/mol. The molecule has 2 rings (SSSR count). The standard InChI is InChI=1S/C13H17NO4/c1-8-5-11-12(18-7-17-11)6-10(8)3-4-14-13(16)9(2)15/h5-6,9,15H,3-4,7H2,1-2H3,(H,14,16). The molecule has 5 nitrogen and oxygen atoms in total. The van der Waals surface area contributed by atoms with E-state index in [4.69, 9.17) is 14.6 Å². The lowest BCUT2D eigenvalue weighted by Crippen LogP contribution is -2.33. The third-order valence-electron chi connectivity index (χ3n) is 2.90. The van der Waals surface area contributed by atoms with E-state index < -0.39 is 6.10 Å². The van der Waals surface area contributed by atoms with Crippen LogP contribution in [0.15, 0.2) is 12.1 Å². The van der Waals surface area contributed by atoms with Gasteiger partial charge in [-0.05, 0) is 43.5 Å². The Morgan fingerprint density at radius 3 is 2.78 bits per heavy atom. The highest BCUT2D eigenvalue weighted by Gasteiger charge is 2.15. The Hall–Kier alpha value is -1.75. The number of ether oxygens (including phenoxy) is 2. The number of fused-ring (bicyclic) bond motifs is 1. The number of aryl methyl sites for hydroxylation is 1. The largest absolute Gasteiger partial charge is 0.454 e. The van der Waals surface area contributed by atoms with Crippen LogP contribution in [0.25, 0.3) is 0 Å². The van der Waals surface area contributed by atoms with Crippen molar-refractivity contribution in [2.24, 2.45) is 0 Å². The fraction of sp³-hybridized carbons (Fsp3) is 0.462. The fourth-order valence-corrected chi connectivity index (χ4v) is 1.82. The van der Waals surface area contributed by atoms with Crippen molar-refractivity contribution in [1.82, 2.24) is 5.32 Å². The Morgan fingerprint density at radius 1 is 1.44 bits per heavy atom. The van der Waals surface area contributed by atoms with Crippen LogP contribution in [0.4, 0.5) is 0 Å². The first-order valence-electron chi connectivity index (χ1n) is 5.93. The van der Waals surface area contributed by atoms with E-state index in [2.05, 4.69) is 5.32 Å². The van der Waals surface area contributed by atoms with Gasteiger partial charge in [-0.1, -0.05) is 0 Å². The molecule has 1 amide bonds. The highest BCUT2D eigenvalue weighted by Crippen LogP contribution is 2.34. The van der Waals surface area contributed by atoms with Crippen molar-refractivity contribution in [3.8, 4) is 11.5 Å². The summed E-state index contributed by atoms with van der Waals surface area (Å²) in [6.45, 7) is 4.19. The maximum Gasteiger partial charge on any atom is 0.248 e. The average molecular weight is 251 g/mol. The van der Waals surface area contributed by atoms with Crippen molar-refractivity contribution >= 4 is 5.91 Å². The van der Waals surface area contributed by atoms with Crippen LogP contribution >= 0.6 is 0 Å². The van der Waals surface area contributed by atoms with Gasteiger partial charge in [-0.3, -0.25) is 4.79 Å². The second-order valence-electron chi connectivity index (χ2n) is 4.35. The molecule has 0 fully saturated rings. The Morgan fingerprint density at radius 2 is 2.11 bits per heavy atom. The molecule has 0 spiro atoms. The molecule has 1 aliphatic heterocycles. The minimum absolute atomic E-state index is 0.261. The summed E-state index contributed by atoms with van der Waals surface area (Å²) in [4.78, 5) is 11.2. The van der Waals surface area contributed by atoms with Gasteiger partial charge in [-0.2, -0.15) is 0 Å². The number of hydrogen-bond donors (Lipinski definition) is 2. The molecule has 0 aliphatic carbocycles. The van der Waals surface area contributed by atoms with Gasteiger partial charge in [-0.15, -0.1) is 0 Å². The first-order valence-corrected chi connectivity index (χ1v) is 5.93. The predicted molar refractivity (Wildman–Crippen MR) is 65.7 cm³/mol. The van der Waals surface area contributed by atoms with E-state index in [1.165, 1.54) is 6.92 Å². The van der Waals surface area contributed by atoms with Crippen LogP contribution < -0.4 is 14.8 Å². The summed E-state index contributed by atoms with van der Waals surface area (Å²) in [5.41, 5.74) is 2.20. The summed E-state index contributed by atoms with van der Waals surface area (Å²) < 4.78 is 10.6. The zero-order valence-corrected chi connectivity index (χ0v) is 10.5. The van der Waals surface area contributed by atoms with Gasteiger partial charge in [0, 0.05) is 6.54 Å². The minimum Gasteiger partial charge on any atom is -0.454 e. The van der Waals surface area contributed by atoms with Gasteiger partial charge in [0.1, 0.15) is 6.10 Å². The Balaban J connectivity index is 1.96. The zero-order chi connectivity index (χ0) is 13.1. The molecule has 0 aromatic heterocycles. The van der Waals surface area contributed by atoms with E-state index in [-0.39, 0.29) is 12.7 Å². The van der Waals surface area contributed by atoms with Gasteiger partial charge in [0.15, 0.2) is 11.5 Å². The van der Waals surface area contributed by atoms with Crippen LogP contribution in [0, 0.1) is 6.92 Å². The maximum atomic E-state index is 11.2. The maximum absolute atomic E-state index is 11.2. The average Bonchev–Trinajstić information content (AvgIpc) is 2.75. The van der Waals surface area contributed by atoms with E-state index in [9.17, 15) is 4.79 Å². The summed E-state index contributed by atoms with van der Waals surface area (Å²) in [7, 11) is 0. The third-order valence-corrected chi connectivity index (χ3v) is 2.90. The molecule has 1 aromatic rings. The van der Waals surface area contributed by atoms with Crippen LogP contribution in [0.2, 0.25) is 0 Å². The molecule has 1 aromatic carbocycles. The summed E-state index contributed by atoms with van der Waals surface area (Å²) in [5.74, 6) is 1.16. The van der Waals surface area contributed by atoms with Crippen LogP contribution in [-0.4, -0.2) is 30.5 Å². The number of carbonyl (C=O) groups is 1. The van der Waals surface area contributed by atoms with Gasteiger partial charge < -0.3 is 19.9 Å². The predicted octanol–water partition coefficient (Wildman–Crippen LogP) is 0.763. The van der Waals surface area contributed by atoms with E-state index in [1.54, 1.807) is 0 Å². The van der Waals surface area contributed by atoms with Gasteiger partial charge in [0.05, 0.1) is 0 Å². The van der Waals surface area contributed by atoms with Gasteiger partial charge in [0.2, 0.25) is 12.7 Å². The molecule has 0 bridgehead atoms. The number of amides is 1. The molecule has 1 atom stereocenters. The van der Waals surface area contributed by atoms with Crippen LogP contribution in [-0.2, 0) is 11.2 Å². The van der Waals surface area contributed by atoms with E-state index in [0.717, 1.165) is 22.6 Å². The first-order chi connectivity index (χ1) is 8.58. The normalized spacial score (nSPS) is 14.4. The molecule has 1 heterocycles. The smallest absolute Gasteiger partial charge is 0.248 e. The molecule has 98 valence electrons. The van der Waals surface area contributed by atoms with Crippen LogP contribution in [0.5, 0.6) is 11.5 Å². The van der Waals surface area contributed by atoms with E-state index >= 15 is 0 Å². The zero-order valence-electron chi connectivity index (χ0n) is 10.5. The molecule has 0 radical (unpaired) electrons. The van der Waals surface area contributed by atoms with Crippen molar-refractivity contribution in [2.45, 2.75) is 26.4 Å². The van der Waals surface area contributed by atoms with E-state index in [0.29, 0.717) is 13.0 Å². The van der Waals surface area contributed by atoms with Crippen molar-refractivity contribution in [1.29, 1.82) is 0 Å². The highest BCUT2D eigenvalue weighted by atomic mass is 16.7. The molecule has 5 heteroatoms. The summed E-state index contributed by atoms with van der Waals surface area (Å²) in [6.07, 6.45) is -0.274. The molecular weight excluding hydrogens is 234 g/mol. The quantitative estimate of drug-likeness (QED) is 0.829. The third kappa shape index (κ3) is 2.73. The SMILES string of the molecule is Cc1cc2c(cc1CCNC(=O)C(C)O)OCO2. The number of carbonyl (C=O) groups excluding carboxylic acids is 1. The molecular formula is C13H17NO4. The summed E-state index contributed by atoms with van der Waals surface area (Å²) in [6, 6.07) is 3.88. The Kier molecular flexibility index (Phi) is 3.72. The fourth-order valence-electron chi connectivity index (χ4n) is 1.82. The van der Waals surface area contributed by atoms with Gasteiger partial charge >= 0.3 is 0 Å². The molecule has 1 aliphatic rings. The number of nitrogens with one attached hydrogen (secondary N) is 1. The Labute approximate surface area is 106 Å².